The second kappa shape index (κ2) is 9.61. The number of benzene rings is 1. The lowest BCUT2D eigenvalue weighted by Gasteiger charge is -2.43. The predicted octanol–water partition coefficient (Wildman–Crippen LogP) is 2.79. The summed E-state index contributed by atoms with van der Waals surface area (Å²) in [7, 11) is 0. The van der Waals surface area contributed by atoms with Gasteiger partial charge in [-0.2, -0.15) is 4.80 Å². The van der Waals surface area contributed by atoms with E-state index in [1.807, 2.05) is 31.2 Å². The van der Waals surface area contributed by atoms with Gasteiger partial charge in [-0.05, 0) is 55.2 Å². The molecule has 0 radical (unpaired) electrons. The van der Waals surface area contributed by atoms with E-state index in [4.69, 9.17) is 16.3 Å². The van der Waals surface area contributed by atoms with Crippen LogP contribution in [-0.4, -0.2) is 62.9 Å². The fraction of sp³-hybridized carbons (Fsp3) is 0.600. The molecule has 0 bridgehead atoms. The lowest BCUT2D eigenvalue weighted by atomic mass is 9.83. The van der Waals surface area contributed by atoms with Gasteiger partial charge in [0, 0.05) is 30.7 Å². The third-order valence-electron chi connectivity index (χ3n) is 5.72. The number of hydrogen-bond donors (Lipinski definition) is 2. The number of likely N-dealkylation sites (tertiary alicyclic amines) is 1. The molecule has 1 saturated carbocycles. The number of aromatic nitrogens is 4. The van der Waals surface area contributed by atoms with Crippen molar-refractivity contribution in [1.29, 1.82) is 0 Å². The van der Waals surface area contributed by atoms with Gasteiger partial charge in [-0.1, -0.05) is 29.5 Å². The fourth-order valence-electron chi connectivity index (χ4n) is 4.13. The van der Waals surface area contributed by atoms with Crippen molar-refractivity contribution in [3.8, 4) is 5.75 Å². The molecule has 2 N–H and O–H groups in total. The average molecular weight is 434 g/mol. The molecular formula is C20H28ClN7O2. The molecule has 4 rings (SSSR count). The quantitative estimate of drug-likeness (QED) is 0.696. The van der Waals surface area contributed by atoms with Crippen LogP contribution in [-0.2, 0) is 6.54 Å². The highest BCUT2D eigenvalue weighted by Crippen LogP contribution is 2.28. The highest BCUT2D eigenvalue weighted by Gasteiger charge is 2.34. The van der Waals surface area contributed by atoms with Gasteiger partial charge in [0.1, 0.15) is 11.9 Å². The highest BCUT2D eigenvalue weighted by molar-refractivity contribution is 6.30. The van der Waals surface area contributed by atoms with Gasteiger partial charge >= 0.3 is 6.03 Å². The molecule has 10 heteroatoms. The van der Waals surface area contributed by atoms with Gasteiger partial charge in [0.15, 0.2) is 0 Å². The normalized spacial score (nSPS) is 22.3. The highest BCUT2D eigenvalue weighted by atomic mass is 35.5. The van der Waals surface area contributed by atoms with E-state index in [0.29, 0.717) is 17.5 Å². The summed E-state index contributed by atoms with van der Waals surface area (Å²) in [6.45, 7) is 5.30. The lowest BCUT2D eigenvalue weighted by molar-refractivity contribution is 0.00323. The Labute approximate surface area is 181 Å². The minimum atomic E-state index is -0.268. The minimum Gasteiger partial charge on any atom is -0.488 e. The van der Waals surface area contributed by atoms with Crippen LogP contribution in [0.3, 0.4) is 0 Å². The molecule has 1 saturated heterocycles. The third-order valence-corrected chi connectivity index (χ3v) is 5.97. The van der Waals surface area contributed by atoms with Gasteiger partial charge in [0.2, 0.25) is 0 Å². The van der Waals surface area contributed by atoms with Gasteiger partial charge in [-0.3, -0.25) is 10.2 Å². The van der Waals surface area contributed by atoms with Crippen LogP contribution >= 0.6 is 11.6 Å². The standard InChI is InChI=1S/C20H28ClN7O2/c1-2-28-25-19(24-26-28)23-20(29)22-18-6-4-3-5-14(18)11-27-12-17(13-27)30-16-9-7-15(21)8-10-16/h7-10,14,17-18H,2-6,11-13H2,1H3,(H2,22,23,25,29)/t14-,18-/m1/s1. The van der Waals surface area contributed by atoms with Gasteiger partial charge in [-0.15, -0.1) is 5.10 Å². The monoisotopic (exact) mass is 433 g/mol. The van der Waals surface area contributed by atoms with Gasteiger partial charge in [0.25, 0.3) is 5.95 Å². The maximum atomic E-state index is 12.4. The Morgan fingerprint density at radius 2 is 2.00 bits per heavy atom. The van der Waals surface area contributed by atoms with Crippen molar-refractivity contribution in [2.45, 2.75) is 51.3 Å². The average Bonchev–Trinajstić information content (AvgIpc) is 3.16. The smallest absolute Gasteiger partial charge is 0.321 e. The number of nitrogens with zero attached hydrogens (tertiary/aromatic N) is 5. The number of rotatable bonds is 7. The first kappa shape index (κ1) is 20.9. The summed E-state index contributed by atoms with van der Waals surface area (Å²) in [6.07, 6.45) is 4.65. The van der Waals surface area contributed by atoms with Crippen LogP contribution in [0.5, 0.6) is 5.75 Å². The Bertz CT molecular complexity index is 838. The number of halogens is 1. The SMILES string of the molecule is CCn1nnc(NC(=O)N[C@@H]2CCCC[C@@H]2CN2CC(Oc3ccc(Cl)cc3)C2)n1. The molecule has 2 fully saturated rings. The van der Waals surface area contributed by atoms with Crippen molar-refractivity contribution in [3.05, 3.63) is 29.3 Å². The van der Waals surface area contributed by atoms with Crippen LogP contribution < -0.4 is 15.4 Å². The largest absolute Gasteiger partial charge is 0.488 e. The Morgan fingerprint density at radius 3 is 2.73 bits per heavy atom. The van der Waals surface area contributed by atoms with Crippen LogP contribution in [0.1, 0.15) is 32.6 Å². The molecule has 30 heavy (non-hydrogen) atoms. The molecule has 2 aromatic rings. The van der Waals surface area contributed by atoms with Crippen LogP contribution in [0, 0.1) is 5.92 Å². The molecule has 9 nitrogen and oxygen atoms in total. The van der Waals surface area contributed by atoms with Gasteiger partial charge in [0.05, 0.1) is 6.54 Å². The summed E-state index contributed by atoms with van der Waals surface area (Å²) < 4.78 is 5.99. The number of carbonyl (C=O) groups excluding carboxylic acids is 1. The fourth-order valence-corrected chi connectivity index (χ4v) is 4.26. The number of aryl methyl sites for hydroxylation is 1. The molecule has 1 aliphatic heterocycles. The maximum Gasteiger partial charge on any atom is 0.321 e. The van der Waals surface area contributed by atoms with E-state index in [9.17, 15) is 4.79 Å². The zero-order chi connectivity index (χ0) is 20.9. The van der Waals surface area contributed by atoms with E-state index >= 15 is 0 Å². The van der Waals surface area contributed by atoms with Crippen LogP contribution in [0.2, 0.25) is 5.02 Å². The molecule has 1 aliphatic carbocycles. The van der Waals surface area contributed by atoms with E-state index in [0.717, 1.165) is 44.6 Å². The Kier molecular flexibility index (Phi) is 6.69. The molecule has 0 unspecified atom stereocenters. The van der Waals surface area contributed by atoms with Crippen LogP contribution in [0.25, 0.3) is 0 Å². The van der Waals surface area contributed by atoms with Crippen molar-refractivity contribution < 1.29 is 9.53 Å². The number of urea groups is 1. The number of amides is 2. The Hall–Kier alpha value is -2.39. The summed E-state index contributed by atoms with van der Waals surface area (Å²) in [4.78, 5) is 16.2. The molecule has 1 aromatic heterocycles. The molecular weight excluding hydrogens is 406 g/mol. The molecule has 0 spiro atoms. The van der Waals surface area contributed by atoms with Crippen molar-refractivity contribution in [2.75, 3.05) is 25.0 Å². The summed E-state index contributed by atoms with van der Waals surface area (Å²) in [6, 6.07) is 7.37. The number of anilines is 1. The van der Waals surface area contributed by atoms with E-state index in [-0.39, 0.29) is 24.1 Å². The molecule has 2 aliphatic rings. The molecule has 2 amide bonds. The molecule has 2 heterocycles. The van der Waals surface area contributed by atoms with Crippen molar-refractivity contribution in [2.24, 2.45) is 5.92 Å². The summed E-state index contributed by atoms with van der Waals surface area (Å²) >= 11 is 5.92. The van der Waals surface area contributed by atoms with E-state index in [1.165, 1.54) is 11.2 Å². The topological polar surface area (TPSA) is 97.2 Å². The van der Waals surface area contributed by atoms with E-state index < -0.39 is 0 Å². The Balaban J connectivity index is 1.23. The number of carbonyl (C=O) groups is 1. The third kappa shape index (κ3) is 5.40. The number of tetrazole rings is 1. The predicted molar refractivity (Wildman–Crippen MR) is 114 cm³/mol. The molecule has 162 valence electrons. The molecule has 1 aromatic carbocycles. The molecule has 2 atom stereocenters. The van der Waals surface area contributed by atoms with E-state index in [2.05, 4.69) is 30.9 Å². The first-order valence-electron chi connectivity index (χ1n) is 10.6. The van der Waals surface area contributed by atoms with Crippen LogP contribution in [0.4, 0.5) is 10.7 Å². The Morgan fingerprint density at radius 1 is 1.23 bits per heavy atom. The first-order chi connectivity index (χ1) is 14.6. The minimum absolute atomic E-state index is 0.149. The zero-order valence-corrected chi connectivity index (χ0v) is 17.9. The van der Waals surface area contributed by atoms with E-state index in [1.54, 1.807) is 0 Å². The second-order valence-electron chi connectivity index (χ2n) is 7.96. The van der Waals surface area contributed by atoms with Gasteiger partial charge in [-0.25, -0.2) is 4.79 Å². The summed E-state index contributed by atoms with van der Waals surface area (Å²) in [5.41, 5.74) is 0. The zero-order valence-electron chi connectivity index (χ0n) is 17.1. The van der Waals surface area contributed by atoms with Crippen molar-refractivity contribution in [1.82, 2.24) is 30.4 Å². The van der Waals surface area contributed by atoms with Gasteiger partial charge < -0.3 is 10.1 Å². The lowest BCUT2D eigenvalue weighted by Crippen LogP contribution is -2.57. The van der Waals surface area contributed by atoms with Crippen molar-refractivity contribution >= 4 is 23.6 Å². The summed E-state index contributed by atoms with van der Waals surface area (Å²) in [5.74, 6) is 1.51. The summed E-state index contributed by atoms with van der Waals surface area (Å²) in [5, 5.41) is 18.3. The number of hydrogen-bond acceptors (Lipinski definition) is 6. The maximum absolute atomic E-state index is 12.4. The first-order valence-corrected chi connectivity index (χ1v) is 11.0. The second-order valence-corrected chi connectivity index (χ2v) is 8.40. The number of nitrogens with one attached hydrogen (secondary N) is 2. The van der Waals surface area contributed by atoms with Crippen LogP contribution in [0.15, 0.2) is 24.3 Å². The number of ether oxygens (including phenoxy) is 1. The van der Waals surface area contributed by atoms with Crippen molar-refractivity contribution in [3.63, 3.8) is 0 Å².